The Morgan fingerprint density at radius 1 is 1.22 bits per heavy atom. The normalized spacial score (nSPS) is 14.2. The number of hydrogen-bond donors (Lipinski definition) is 1. The smallest absolute Gasteiger partial charge is 0.286 e. The Hall–Kier alpha value is -2.06. The van der Waals surface area contributed by atoms with Crippen LogP contribution < -0.4 is 9.62 Å². The number of carbonyl (C=O) groups is 1. The van der Waals surface area contributed by atoms with Crippen molar-refractivity contribution in [2.75, 3.05) is 16.2 Å². The predicted molar refractivity (Wildman–Crippen MR) is 108 cm³/mol. The molecule has 0 radical (unpaired) electrons. The average Bonchev–Trinajstić information content (AvgIpc) is 2.59. The minimum absolute atomic E-state index is 0.00697. The van der Waals surface area contributed by atoms with Crippen LogP contribution in [0.15, 0.2) is 36.4 Å². The van der Waals surface area contributed by atoms with Crippen molar-refractivity contribution < 1.29 is 17.6 Å². The van der Waals surface area contributed by atoms with Gasteiger partial charge < -0.3 is 4.90 Å². The lowest BCUT2D eigenvalue weighted by Gasteiger charge is -2.28. The number of carbonyl (C=O) groups excluding carboxylic acids is 1. The van der Waals surface area contributed by atoms with Gasteiger partial charge in [0.05, 0.1) is 5.75 Å². The number of anilines is 2. The van der Waals surface area contributed by atoms with Crippen LogP contribution in [0.5, 0.6) is 0 Å². The van der Waals surface area contributed by atoms with Crippen molar-refractivity contribution in [3.8, 4) is 0 Å². The number of aryl methyl sites for hydroxylation is 1. The predicted octanol–water partition coefficient (Wildman–Crippen LogP) is 4.66. The second kappa shape index (κ2) is 7.90. The van der Waals surface area contributed by atoms with Gasteiger partial charge in [0.1, 0.15) is 5.82 Å². The minimum atomic E-state index is -3.76. The van der Waals surface area contributed by atoms with Gasteiger partial charge >= 0.3 is 0 Å². The maximum absolute atomic E-state index is 14.0. The van der Waals surface area contributed by atoms with Gasteiger partial charge in [0.25, 0.3) is 5.24 Å². The van der Waals surface area contributed by atoms with E-state index in [9.17, 15) is 17.6 Å². The quantitative estimate of drug-likeness (QED) is 0.755. The summed E-state index contributed by atoms with van der Waals surface area (Å²) < 4.78 is 41.4. The number of fused-ring (bicyclic) bond motifs is 1. The summed E-state index contributed by atoms with van der Waals surface area (Å²) in [6.45, 7) is 4.37. The van der Waals surface area contributed by atoms with Crippen LogP contribution in [0.2, 0.25) is 0 Å². The maximum Gasteiger partial charge on any atom is 0.286 e. The van der Waals surface area contributed by atoms with Crippen LogP contribution in [0.3, 0.4) is 0 Å². The van der Waals surface area contributed by atoms with Gasteiger partial charge in [-0.2, -0.15) is 0 Å². The van der Waals surface area contributed by atoms with Crippen LogP contribution in [0.4, 0.5) is 20.6 Å². The van der Waals surface area contributed by atoms with Crippen LogP contribution in [-0.2, 0) is 21.5 Å². The summed E-state index contributed by atoms with van der Waals surface area (Å²) in [4.78, 5) is 13.8. The fraction of sp³-hybridized carbons (Fsp3) is 0.316. The molecule has 5 nitrogen and oxygen atoms in total. The molecule has 1 N–H and O–H groups in total. The van der Waals surface area contributed by atoms with Crippen molar-refractivity contribution in [2.24, 2.45) is 0 Å². The zero-order valence-corrected chi connectivity index (χ0v) is 16.8. The van der Waals surface area contributed by atoms with Crippen molar-refractivity contribution in [1.29, 1.82) is 0 Å². The first-order valence-corrected chi connectivity index (χ1v) is 11.3. The van der Waals surface area contributed by atoms with E-state index in [0.29, 0.717) is 18.0 Å². The molecule has 3 rings (SSSR count). The Morgan fingerprint density at radius 2 is 2.00 bits per heavy atom. The number of hydrogen-bond acceptors (Lipinski definition) is 4. The van der Waals surface area contributed by atoms with E-state index in [2.05, 4.69) is 4.72 Å². The largest absolute Gasteiger partial charge is 0.303 e. The van der Waals surface area contributed by atoms with Gasteiger partial charge in [-0.3, -0.25) is 9.52 Å². The number of halogens is 1. The second-order valence-corrected chi connectivity index (χ2v) is 9.15. The molecule has 1 aliphatic heterocycles. The van der Waals surface area contributed by atoms with Crippen LogP contribution in [0, 0.1) is 12.7 Å². The van der Waals surface area contributed by atoms with E-state index in [1.807, 2.05) is 6.92 Å². The molecule has 2 aromatic carbocycles. The van der Waals surface area contributed by atoms with Gasteiger partial charge in [-0.1, -0.05) is 30.8 Å². The Bertz CT molecular complexity index is 977. The summed E-state index contributed by atoms with van der Waals surface area (Å²) in [6, 6.07) is 9.62. The summed E-state index contributed by atoms with van der Waals surface area (Å²) in [6.07, 6.45) is 0.836. The Balaban J connectivity index is 1.80. The maximum atomic E-state index is 14.0. The molecule has 2 aromatic rings. The molecule has 0 saturated carbocycles. The zero-order chi connectivity index (χ0) is 19.6. The van der Waals surface area contributed by atoms with Crippen molar-refractivity contribution in [1.82, 2.24) is 0 Å². The Labute approximate surface area is 163 Å². The highest BCUT2D eigenvalue weighted by Crippen LogP contribution is 2.35. The summed E-state index contributed by atoms with van der Waals surface area (Å²) >= 11 is 1.20. The van der Waals surface area contributed by atoms with Gasteiger partial charge in [0, 0.05) is 29.2 Å². The standard InChI is InChI=1S/C19H21FN2O3S2/c1-3-8-22-18-7-6-16(10-15(18)11-26-19(22)23)21-27(24,25)12-14-5-4-13(2)9-17(14)20/h4-7,9-10,21H,3,8,11-12H2,1-2H3. The van der Waals surface area contributed by atoms with Gasteiger partial charge in [-0.25, -0.2) is 12.8 Å². The summed E-state index contributed by atoms with van der Waals surface area (Å²) in [7, 11) is -3.76. The average molecular weight is 409 g/mol. The molecule has 144 valence electrons. The fourth-order valence-electron chi connectivity index (χ4n) is 2.97. The third kappa shape index (κ3) is 4.62. The molecule has 1 amide bonds. The first-order valence-electron chi connectivity index (χ1n) is 8.62. The van der Waals surface area contributed by atoms with Gasteiger partial charge in [-0.15, -0.1) is 0 Å². The number of nitrogens with zero attached hydrogens (tertiary/aromatic N) is 1. The third-order valence-electron chi connectivity index (χ3n) is 4.22. The summed E-state index contributed by atoms with van der Waals surface area (Å²) in [5.74, 6) is -0.474. The highest BCUT2D eigenvalue weighted by atomic mass is 32.2. The molecule has 0 atom stereocenters. The number of amides is 1. The topological polar surface area (TPSA) is 66.5 Å². The molecular formula is C19H21FN2O3S2. The molecule has 8 heteroatoms. The highest BCUT2D eigenvalue weighted by molar-refractivity contribution is 8.13. The molecule has 0 saturated heterocycles. The van der Waals surface area contributed by atoms with E-state index < -0.39 is 21.6 Å². The molecular weight excluding hydrogens is 387 g/mol. The molecule has 0 unspecified atom stereocenters. The number of rotatable bonds is 6. The van der Waals surface area contributed by atoms with Crippen LogP contribution >= 0.6 is 11.8 Å². The molecule has 0 bridgehead atoms. The molecule has 1 heterocycles. The van der Waals surface area contributed by atoms with Gasteiger partial charge in [0.2, 0.25) is 10.0 Å². The minimum Gasteiger partial charge on any atom is -0.303 e. The second-order valence-electron chi connectivity index (χ2n) is 6.51. The highest BCUT2D eigenvalue weighted by Gasteiger charge is 2.25. The third-order valence-corrected chi connectivity index (χ3v) is 6.38. The molecule has 1 aliphatic rings. The van der Waals surface area contributed by atoms with Crippen LogP contribution in [0.25, 0.3) is 0 Å². The number of nitrogens with one attached hydrogen (secondary N) is 1. The Kier molecular flexibility index (Phi) is 5.76. The van der Waals surface area contributed by atoms with Gasteiger partial charge in [-0.05, 0) is 48.7 Å². The van der Waals surface area contributed by atoms with E-state index >= 15 is 0 Å². The number of thioether (sulfide) groups is 1. The van der Waals surface area contributed by atoms with E-state index in [1.165, 1.54) is 23.9 Å². The lowest BCUT2D eigenvalue weighted by atomic mass is 10.1. The van der Waals surface area contributed by atoms with Crippen molar-refractivity contribution in [3.63, 3.8) is 0 Å². The first-order chi connectivity index (χ1) is 12.8. The SMILES string of the molecule is CCCN1C(=O)SCc2cc(NS(=O)(=O)Cc3ccc(C)cc3F)ccc21. The van der Waals surface area contributed by atoms with Crippen molar-refractivity contribution >= 4 is 38.4 Å². The monoisotopic (exact) mass is 408 g/mol. The van der Waals surface area contributed by atoms with E-state index in [-0.39, 0.29) is 10.8 Å². The molecule has 0 fully saturated rings. The molecule has 0 aromatic heterocycles. The number of sulfonamides is 1. The van der Waals surface area contributed by atoms with E-state index in [4.69, 9.17) is 0 Å². The molecule has 27 heavy (non-hydrogen) atoms. The van der Waals surface area contributed by atoms with Gasteiger partial charge in [0.15, 0.2) is 0 Å². The lowest BCUT2D eigenvalue weighted by molar-refractivity contribution is 0.264. The summed E-state index contributed by atoms with van der Waals surface area (Å²) in [5, 5.41) is 0.00697. The molecule has 0 aliphatic carbocycles. The van der Waals surface area contributed by atoms with E-state index in [0.717, 1.165) is 23.2 Å². The van der Waals surface area contributed by atoms with Crippen LogP contribution in [0.1, 0.15) is 30.0 Å². The zero-order valence-electron chi connectivity index (χ0n) is 15.2. The van der Waals surface area contributed by atoms with E-state index in [1.54, 1.807) is 36.1 Å². The van der Waals surface area contributed by atoms with Crippen LogP contribution in [-0.4, -0.2) is 20.2 Å². The Morgan fingerprint density at radius 3 is 2.70 bits per heavy atom. The number of benzene rings is 2. The lowest BCUT2D eigenvalue weighted by Crippen LogP contribution is -2.31. The first kappa shape index (κ1) is 19.7. The van der Waals surface area contributed by atoms with Crippen molar-refractivity contribution in [3.05, 3.63) is 58.9 Å². The fourth-order valence-corrected chi connectivity index (χ4v) is 5.03. The molecule has 0 spiro atoms. The van der Waals surface area contributed by atoms with Crippen molar-refractivity contribution in [2.45, 2.75) is 31.8 Å². The summed E-state index contributed by atoms with van der Waals surface area (Å²) in [5.41, 5.74) is 2.98.